The lowest BCUT2D eigenvalue weighted by molar-refractivity contribution is -0.127. The van der Waals surface area contributed by atoms with Gasteiger partial charge in [-0.15, -0.1) is 0 Å². The fourth-order valence-corrected chi connectivity index (χ4v) is 4.63. The molecule has 1 saturated carbocycles. The second-order valence-electron chi connectivity index (χ2n) is 7.96. The van der Waals surface area contributed by atoms with Crippen molar-refractivity contribution < 1.29 is 18.7 Å². The summed E-state index contributed by atoms with van der Waals surface area (Å²) in [6, 6.07) is 13.1. The van der Waals surface area contributed by atoms with Gasteiger partial charge in [0.05, 0.1) is 12.5 Å². The Kier molecular flexibility index (Phi) is 5.26. The number of hydrogen-bond acceptors (Lipinski definition) is 3. The zero-order valence-electron chi connectivity index (χ0n) is 16.5. The molecular weight excluding hydrogens is 371 g/mol. The Morgan fingerprint density at radius 2 is 2.00 bits per heavy atom. The summed E-state index contributed by atoms with van der Waals surface area (Å²) in [7, 11) is 1.62. The zero-order chi connectivity index (χ0) is 20.4. The summed E-state index contributed by atoms with van der Waals surface area (Å²) in [6.07, 6.45) is 3.96. The summed E-state index contributed by atoms with van der Waals surface area (Å²) < 4.78 is 18.6. The van der Waals surface area contributed by atoms with Crippen molar-refractivity contribution in [1.29, 1.82) is 0 Å². The number of carbonyl (C=O) groups is 2. The smallest absolute Gasteiger partial charge is 0.251 e. The molecule has 2 amide bonds. The second kappa shape index (κ2) is 7.85. The molecular formula is C23H25FN2O3. The van der Waals surface area contributed by atoms with Crippen molar-refractivity contribution in [2.24, 2.45) is 5.41 Å². The molecule has 6 heteroatoms. The maximum Gasteiger partial charge on any atom is 0.251 e. The van der Waals surface area contributed by atoms with Crippen LogP contribution in [-0.2, 0) is 4.79 Å². The van der Waals surface area contributed by atoms with Gasteiger partial charge in [-0.2, -0.15) is 0 Å². The molecule has 0 radical (unpaired) electrons. The minimum Gasteiger partial charge on any atom is -0.497 e. The summed E-state index contributed by atoms with van der Waals surface area (Å²) >= 11 is 0. The standard InChI is InChI=1S/C23H25FN2O3/c1-29-20-9-7-19(8-10-20)26-13-12-23(22(26)28)11-3-6-18(15-23)25-21(27)16-4-2-5-17(24)14-16/h2,4-5,7-10,14,18H,3,6,11-13,15H2,1H3,(H,25,27). The normalized spacial score (nSPS) is 24.0. The first-order valence-corrected chi connectivity index (χ1v) is 10.0. The molecule has 2 unspecified atom stereocenters. The van der Waals surface area contributed by atoms with E-state index in [4.69, 9.17) is 4.74 Å². The van der Waals surface area contributed by atoms with E-state index in [9.17, 15) is 14.0 Å². The molecule has 1 N–H and O–H groups in total. The van der Waals surface area contributed by atoms with Gasteiger partial charge < -0.3 is 15.0 Å². The first kappa shape index (κ1) is 19.4. The molecule has 2 fully saturated rings. The van der Waals surface area contributed by atoms with Gasteiger partial charge in [0.1, 0.15) is 11.6 Å². The van der Waals surface area contributed by atoms with Gasteiger partial charge in [0, 0.05) is 23.8 Å². The number of nitrogens with one attached hydrogen (secondary N) is 1. The Bertz CT molecular complexity index is 915. The molecule has 0 aromatic heterocycles. The predicted octanol–water partition coefficient (Wildman–Crippen LogP) is 3.93. The van der Waals surface area contributed by atoms with Crippen molar-refractivity contribution in [1.82, 2.24) is 5.32 Å². The van der Waals surface area contributed by atoms with E-state index in [-0.39, 0.29) is 17.9 Å². The molecule has 4 rings (SSSR count). The number of ether oxygens (including phenoxy) is 1. The fraction of sp³-hybridized carbons (Fsp3) is 0.391. The monoisotopic (exact) mass is 396 g/mol. The van der Waals surface area contributed by atoms with Gasteiger partial charge in [0.15, 0.2) is 0 Å². The van der Waals surface area contributed by atoms with Crippen LogP contribution in [0.4, 0.5) is 10.1 Å². The molecule has 2 aromatic rings. The molecule has 2 aromatic carbocycles. The number of carbonyl (C=O) groups excluding carboxylic acids is 2. The first-order chi connectivity index (χ1) is 14.0. The van der Waals surface area contributed by atoms with Crippen LogP contribution in [0, 0.1) is 11.2 Å². The molecule has 152 valence electrons. The van der Waals surface area contributed by atoms with Crippen molar-refractivity contribution in [2.75, 3.05) is 18.6 Å². The van der Waals surface area contributed by atoms with Gasteiger partial charge in [-0.25, -0.2) is 4.39 Å². The maximum absolute atomic E-state index is 13.4. The molecule has 1 heterocycles. The van der Waals surface area contributed by atoms with Crippen molar-refractivity contribution in [3.63, 3.8) is 0 Å². The molecule has 2 atom stereocenters. The van der Waals surface area contributed by atoms with Crippen LogP contribution >= 0.6 is 0 Å². The van der Waals surface area contributed by atoms with Crippen LogP contribution in [0.2, 0.25) is 0 Å². The van der Waals surface area contributed by atoms with E-state index in [1.54, 1.807) is 13.2 Å². The lowest BCUT2D eigenvalue weighted by atomic mass is 9.71. The number of methoxy groups -OCH3 is 1. The summed E-state index contributed by atoms with van der Waals surface area (Å²) in [5, 5.41) is 3.01. The molecule has 29 heavy (non-hydrogen) atoms. The number of rotatable bonds is 4. The number of amides is 2. The first-order valence-electron chi connectivity index (χ1n) is 10.0. The van der Waals surface area contributed by atoms with E-state index in [0.29, 0.717) is 18.5 Å². The molecule has 0 bridgehead atoms. The third kappa shape index (κ3) is 3.84. The number of benzene rings is 2. The van der Waals surface area contributed by atoms with E-state index in [2.05, 4.69) is 5.32 Å². The molecule has 1 spiro atoms. The van der Waals surface area contributed by atoms with Gasteiger partial charge in [0.2, 0.25) is 5.91 Å². The van der Waals surface area contributed by atoms with Crippen molar-refractivity contribution in [2.45, 2.75) is 38.1 Å². The minimum atomic E-state index is -0.432. The topological polar surface area (TPSA) is 58.6 Å². The number of anilines is 1. The Hall–Kier alpha value is -2.89. The molecule has 1 saturated heterocycles. The Morgan fingerprint density at radius 3 is 2.72 bits per heavy atom. The van der Waals surface area contributed by atoms with Crippen LogP contribution < -0.4 is 15.0 Å². The number of nitrogens with zero attached hydrogens (tertiary/aromatic N) is 1. The average molecular weight is 396 g/mol. The third-order valence-corrected chi connectivity index (χ3v) is 6.16. The van der Waals surface area contributed by atoms with Crippen LogP contribution in [0.1, 0.15) is 42.5 Å². The van der Waals surface area contributed by atoms with Crippen LogP contribution in [0.3, 0.4) is 0 Å². The van der Waals surface area contributed by atoms with Crippen LogP contribution in [-0.4, -0.2) is 31.5 Å². The minimum absolute atomic E-state index is 0.0840. The average Bonchev–Trinajstić information content (AvgIpc) is 3.03. The van der Waals surface area contributed by atoms with E-state index in [0.717, 1.165) is 37.1 Å². The largest absolute Gasteiger partial charge is 0.497 e. The van der Waals surface area contributed by atoms with Crippen molar-refractivity contribution in [3.05, 3.63) is 59.9 Å². The van der Waals surface area contributed by atoms with E-state index in [1.165, 1.54) is 18.2 Å². The summed E-state index contributed by atoms with van der Waals surface area (Å²) in [6.45, 7) is 0.676. The van der Waals surface area contributed by atoms with E-state index in [1.807, 2.05) is 29.2 Å². The molecule has 1 aliphatic heterocycles. The van der Waals surface area contributed by atoms with Crippen LogP contribution in [0.5, 0.6) is 5.75 Å². The quantitative estimate of drug-likeness (QED) is 0.852. The molecule has 2 aliphatic rings. The van der Waals surface area contributed by atoms with Crippen molar-refractivity contribution in [3.8, 4) is 5.75 Å². The zero-order valence-corrected chi connectivity index (χ0v) is 16.5. The lowest BCUT2D eigenvalue weighted by Crippen LogP contribution is -2.46. The summed E-state index contributed by atoms with van der Waals surface area (Å²) in [4.78, 5) is 27.7. The van der Waals surface area contributed by atoms with Gasteiger partial charge in [-0.1, -0.05) is 12.5 Å². The van der Waals surface area contributed by atoms with E-state index >= 15 is 0 Å². The Balaban J connectivity index is 1.45. The van der Waals surface area contributed by atoms with Crippen molar-refractivity contribution >= 4 is 17.5 Å². The second-order valence-corrected chi connectivity index (χ2v) is 7.96. The van der Waals surface area contributed by atoms with Gasteiger partial charge in [-0.3, -0.25) is 9.59 Å². The SMILES string of the molecule is COc1ccc(N2CCC3(CCCC(NC(=O)c4cccc(F)c4)C3)C2=O)cc1. The van der Waals surface area contributed by atoms with Crippen LogP contribution in [0.25, 0.3) is 0 Å². The predicted molar refractivity (Wildman–Crippen MR) is 109 cm³/mol. The fourth-order valence-electron chi connectivity index (χ4n) is 4.63. The highest BCUT2D eigenvalue weighted by Crippen LogP contribution is 2.46. The molecule has 1 aliphatic carbocycles. The number of hydrogen-bond donors (Lipinski definition) is 1. The Morgan fingerprint density at radius 1 is 1.21 bits per heavy atom. The maximum atomic E-state index is 13.4. The van der Waals surface area contributed by atoms with Crippen LogP contribution in [0.15, 0.2) is 48.5 Å². The highest BCUT2D eigenvalue weighted by atomic mass is 19.1. The highest BCUT2D eigenvalue weighted by Gasteiger charge is 2.49. The highest BCUT2D eigenvalue weighted by molar-refractivity contribution is 6.00. The lowest BCUT2D eigenvalue weighted by Gasteiger charge is -2.37. The van der Waals surface area contributed by atoms with Gasteiger partial charge in [-0.05, 0) is 68.1 Å². The summed E-state index contributed by atoms with van der Waals surface area (Å²) in [5.41, 5.74) is 0.749. The number of halogens is 1. The Labute approximate surface area is 169 Å². The molecule has 5 nitrogen and oxygen atoms in total. The third-order valence-electron chi connectivity index (χ3n) is 6.16. The van der Waals surface area contributed by atoms with Gasteiger partial charge in [0.25, 0.3) is 5.91 Å². The van der Waals surface area contributed by atoms with E-state index < -0.39 is 11.2 Å². The van der Waals surface area contributed by atoms with Gasteiger partial charge >= 0.3 is 0 Å². The summed E-state index contributed by atoms with van der Waals surface area (Å²) in [5.74, 6) is 0.170.